The molecule has 144 valence electrons. The fraction of sp³-hybridized carbons (Fsp3) is 0.300. The molecule has 2 rings (SSSR count). The van der Waals surface area contributed by atoms with Crippen LogP contribution in [0.1, 0.15) is 18.1 Å². The highest BCUT2D eigenvalue weighted by molar-refractivity contribution is 6.35. The lowest BCUT2D eigenvalue weighted by atomic mass is 10.1. The number of halogens is 2. The van der Waals surface area contributed by atoms with Crippen LogP contribution in [0, 0.1) is 6.92 Å². The third-order valence-electron chi connectivity index (χ3n) is 4.15. The first-order chi connectivity index (χ1) is 12.8. The Morgan fingerprint density at radius 1 is 1.15 bits per heavy atom. The van der Waals surface area contributed by atoms with Gasteiger partial charge in [0.1, 0.15) is 11.8 Å². The molecule has 27 heavy (non-hydrogen) atoms. The second kappa shape index (κ2) is 9.62. The Morgan fingerprint density at radius 3 is 2.41 bits per heavy atom. The number of carbonyl (C=O) groups is 2. The van der Waals surface area contributed by atoms with Crippen molar-refractivity contribution in [1.82, 2.24) is 10.2 Å². The molecule has 7 heteroatoms. The van der Waals surface area contributed by atoms with Gasteiger partial charge in [0.15, 0.2) is 6.61 Å². The largest absolute Gasteiger partial charge is 0.484 e. The van der Waals surface area contributed by atoms with E-state index in [9.17, 15) is 9.59 Å². The van der Waals surface area contributed by atoms with Gasteiger partial charge in [-0.2, -0.15) is 0 Å². The third kappa shape index (κ3) is 5.88. The molecule has 0 heterocycles. The number of carbonyl (C=O) groups excluding carboxylic acids is 2. The molecule has 0 aliphatic carbocycles. The number of rotatable bonds is 7. The number of nitrogens with zero attached hydrogens (tertiary/aromatic N) is 1. The minimum Gasteiger partial charge on any atom is -0.484 e. The van der Waals surface area contributed by atoms with Crippen LogP contribution in [-0.4, -0.2) is 36.4 Å². The Morgan fingerprint density at radius 2 is 1.81 bits per heavy atom. The van der Waals surface area contributed by atoms with Crippen LogP contribution >= 0.6 is 23.2 Å². The second-order valence-electron chi connectivity index (χ2n) is 6.15. The summed E-state index contributed by atoms with van der Waals surface area (Å²) in [5.74, 6) is -0.00696. The van der Waals surface area contributed by atoms with Crippen LogP contribution < -0.4 is 10.1 Å². The zero-order chi connectivity index (χ0) is 20.0. The van der Waals surface area contributed by atoms with Gasteiger partial charge in [-0.05, 0) is 43.7 Å². The van der Waals surface area contributed by atoms with E-state index in [-0.39, 0.29) is 25.0 Å². The molecule has 0 fully saturated rings. The summed E-state index contributed by atoms with van der Waals surface area (Å²) in [6, 6.07) is 11.7. The fourth-order valence-corrected chi connectivity index (χ4v) is 2.96. The lowest BCUT2D eigenvalue weighted by molar-refractivity contribution is -0.142. The maximum Gasteiger partial charge on any atom is 0.261 e. The Labute approximate surface area is 169 Å². The summed E-state index contributed by atoms with van der Waals surface area (Å²) in [5.41, 5.74) is 1.79. The molecule has 0 aliphatic rings. The number of nitrogens with one attached hydrogen (secondary N) is 1. The van der Waals surface area contributed by atoms with Crippen molar-refractivity contribution in [3.05, 3.63) is 63.6 Å². The molecule has 5 nitrogen and oxygen atoms in total. The highest BCUT2D eigenvalue weighted by Gasteiger charge is 2.26. The van der Waals surface area contributed by atoms with Crippen molar-refractivity contribution >= 4 is 35.0 Å². The molecule has 0 spiro atoms. The fourth-order valence-electron chi connectivity index (χ4n) is 2.49. The van der Waals surface area contributed by atoms with E-state index in [0.29, 0.717) is 21.4 Å². The van der Waals surface area contributed by atoms with E-state index in [2.05, 4.69) is 5.32 Å². The van der Waals surface area contributed by atoms with Crippen LogP contribution in [0.15, 0.2) is 42.5 Å². The van der Waals surface area contributed by atoms with Crippen LogP contribution in [0.4, 0.5) is 0 Å². The average molecular weight is 409 g/mol. The SMILES string of the molecule is CNC(=O)[C@H](C)N(Cc1ccc(Cl)cc1Cl)C(=O)COc1ccc(C)cc1. The molecule has 2 aromatic carbocycles. The van der Waals surface area contributed by atoms with E-state index in [1.54, 1.807) is 37.3 Å². The average Bonchev–Trinajstić information content (AvgIpc) is 2.65. The Hall–Kier alpha value is -2.24. The Balaban J connectivity index is 2.16. The number of benzene rings is 2. The van der Waals surface area contributed by atoms with Gasteiger partial charge in [-0.25, -0.2) is 0 Å². The van der Waals surface area contributed by atoms with Crippen LogP contribution in [0.3, 0.4) is 0 Å². The monoisotopic (exact) mass is 408 g/mol. The van der Waals surface area contributed by atoms with Crippen molar-refractivity contribution < 1.29 is 14.3 Å². The zero-order valence-electron chi connectivity index (χ0n) is 15.5. The molecule has 2 aromatic rings. The van der Waals surface area contributed by atoms with Gasteiger partial charge in [0.05, 0.1) is 0 Å². The lowest BCUT2D eigenvalue weighted by Crippen LogP contribution is -2.48. The standard InChI is InChI=1S/C20H22Cl2N2O3/c1-13-4-8-17(9-5-13)27-12-19(25)24(14(2)20(26)23-3)11-15-6-7-16(21)10-18(15)22/h4-10,14H,11-12H2,1-3H3,(H,23,26)/t14-/m0/s1. The van der Waals surface area contributed by atoms with Gasteiger partial charge in [-0.15, -0.1) is 0 Å². The minimum atomic E-state index is -0.684. The summed E-state index contributed by atoms with van der Waals surface area (Å²) in [5, 5.41) is 3.50. The molecule has 1 N–H and O–H groups in total. The van der Waals surface area contributed by atoms with Gasteiger partial charge in [0.2, 0.25) is 5.91 Å². The lowest BCUT2D eigenvalue weighted by Gasteiger charge is -2.28. The first-order valence-electron chi connectivity index (χ1n) is 8.46. The molecule has 0 unspecified atom stereocenters. The zero-order valence-corrected chi connectivity index (χ0v) is 17.0. The van der Waals surface area contributed by atoms with Crippen molar-refractivity contribution in [3.8, 4) is 5.75 Å². The van der Waals surface area contributed by atoms with Crippen molar-refractivity contribution in [2.24, 2.45) is 0 Å². The quantitative estimate of drug-likeness (QED) is 0.756. The summed E-state index contributed by atoms with van der Waals surface area (Å²) < 4.78 is 5.58. The highest BCUT2D eigenvalue weighted by Crippen LogP contribution is 2.23. The first kappa shape index (κ1) is 21.1. The van der Waals surface area contributed by atoms with Gasteiger partial charge in [0.25, 0.3) is 5.91 Å². The van der Waals surface area contributed by atoms with E-state index in [0.717, 1.165) is 5.56 Å². The Bertz CT molecular complexity index is 809. The first-order valence-corrected chi connectivity index (χ1v) is 9.22. The van der Waals surface area contributed by atoms with Crippen LogP contribution in [-0.2, 0) is 16.1 Å². The van der Waals surface area contributed by atoms with Gasteiger partial charge in [0, 0.05) is 23.6 Å². The van der Waals surface area contributed by atoms with E-state index in [4.69, 9.17) is 27.9 Å². The summed E-state index contributed by atoms with van der Waals surface area (Å²) in [7, 11) is 1.53. The van der Waals surface area contributed by atoms with Crippen molar-refractivity contribution in [1.29, 1.82) is 0 Å². The van der Waals surface area contributed by atoms with E-state index in [1.807, 2.05) is 19.1 Å². The van der Waals surface area contributed by atoms with E-state index in [1.165, 1.54) is 11.9 Å². The highest BCUT2D eigenvalue weighted by atomic mass is 35.5. The Kier molecular flexibility index (Phi) is 7.51. The molecular weight excluding hydrogens is 387 g/mol. The van der Waals surface area contributed by atoms with Gasteiger partial charge < -0.3 is 15.0 Å². The smallest absolute Gasteiger partial charge is 0.261 e. The summed E-state index contributed by atoms with van der Waals surface area (Å²) in [4.78, 5) is 26.3. The van der Waals surface area contributed by atoms with E-state index >= 15 is 0 Å². The predicted molar refractivity (Wildman–Crippen MR) is 107 cm³/mol. The third-order valence-corrected chi connectivity index (χ3v) is 4.74. The number of hydrogen-bond acceptors (Lipinski definition) is 3. The maximum atomic E-state index is 12.8. The normalized spacial score (nSPS) is 11.6. The molecule has 0 saturated heterocycles. The number of ether oxygens (including phenoxy) is 1. The molecule has 1 atom stereocenters. The van der Waals surface area contributed by atoms with Crippen molar-refractivity contribution in [2.75, 3.05) is 13.7 Å². The van der Waals surface area contributed by atoms with Gasteiger partial charge in [-0.1, -0.05) is 47.0 Å². The van der Waals surface area contributed by atoms with Crippen molar-refractivity contribution in [3.63, 3.8) is 0 Å². The van der Waals surface area contributed by atoms with Gasteiger partial charge >= 0.3 is 0 Å². The molecule has 2 amide bonds. The van der Waals surface area contributed by atoms with Gasteiger partial charge in [-0.3, -0.25) is 9.59 Å². The minimum absolute atomic E-state index is 0.167. The number of likely N-dealkylation sites (N-methyl/N-ethyl adjacent to an activating group) is 1. The molecule has 0 aliphatic heterocycles. The van der Waals surface area contributed by atoms with Crippen LogP contribution in [0.5, 0.6) is 5.75 Å². The molecule has 0 bridgehead atoms. The molecule has 0 aromatic heterocycles. The maximum absolute atomic E-state index is 12.8. The van der Waals surface area contributed by atoms with Crippen LogP contribution in [0.2, 0.25) is 10.0 Å². The number of hydrogen-bond donors (Lipinski definition) is 1. The topological polar surface area (TPSA) is 58.6 Å². The van der Waals surface area contributed by atoms with Crippen LogP contribution in [0.25, 0.3) is 0 Å². The second-order valence-corrected chi connectivity index (χ2v) is 6.99. The van der Waals surface area contributed by atoms with Crippen molar-refractivity contribution in [2.45, 2.75) is 26.4 Å². The summed E-state index contributed by atoms with van der Waals surface area (Å²) in [6.45, 7) is 3.61. The van der Waals surface area contributed by atoms with E-state index < -0.39 is 6.04 Å². The number of aryl methyl sites for hydroxylation is 1. The molecular formula is C20H22Cl2N2O3. The summed E-state index contributed by atoms with van der Waals surface area (Å²) in [6.07, 6.45) is 0. The summed E-state index contributed by atoms with van der Waals surface area (Å²) >= 11 is 12.2. The molecule has 0 saturated carbocycles. The number of amides is 2. The molecule has 0 radical (unpaired) electrons. The predicted octanol–water partition coefficient (Wildman–Crippen LogP) is 3.84.